The molecule has 0 aliphatic heterocycles. The van der Waals surface area contributed by atoms with Crippen molar-refractivity contribution in [2.45, 2.75) is 16.1 Å². The third kappa shape index (κ3) is 3.86. The first-order valence-electron chi connectivity index (χ1n) is 8.45. The van der Waals surface area contributed by atoms with Crippen LogP contribution in [0, 0.1) is 0 Å². The number of hydrogen-bond acceptors (Lipinski definition) is 5. The van der Waals surface area contributed by atoms with Crippen LogP contribution in [0.25, 0.3) is 22.2 Å². The quantitative estimate of drug-likeness (QED) is 0.492. The first-order chi connectivity index (χ1) is 13.8. The average Bonchev–Trinajstić information content (AvgIpc) is 2.71. The van der Waals surface area contributed by atoms with E-state index in [1.54, 1.807) is 29.9 Å². The number of alkyl halides is 3. The van der Waals surface area contributed by atoms with E-state index in [4.69, 9.17) is 0 Å². The smallest absolute Gasteiger partial charge is 0.335 e. The van der Waals surface area contributed by atoms with E-state index in [1.165, 1.54) is 36.4 Å². The molecule has 0 amide bonds. The summed E-state index contributed by atoms with van der Waals surface area (Å²) in [5.74, 6) is 0. The zero-order valence-corrected chi connectivity index (χ0v) is 15.8. The Morgan fingerprint density at radius 2 is 1.69 bits per heavy atom. The summed E-state index contributed by atoms with van der Waals surface area (Å²) in [6.07, 6.45) is 0.137. The highest BCUT2D eigenvalue weighted by Gasteiger charge is 2.30. The van der Waals surface area contributed by atoms with E-state index in [9.17, 15) is 18.0 Å². The lowest BCUT2D eigenvalue weighted by molar-refractivity contribution is -0.137. The summed E-state index contributed by atoms with van der Waals surface area (Å²) in [4.78, 5) is 25.1. The van der Waals surface area contributed by atoms with Crippen LogP contribution in [0.1, 0.15) is 5.56 Å². The Morgan fingerprint density at radius 3 is 2.41 bits per heavy atom. The van der Waals surface area contributed by atoms with Gasteiger partial charge in [0.2, 0.25) is 0 Å². The average molecular weight is 414 g/mol. The topological polar surface area (TPSA) is 60.7 Å². The third-order valence-corrected chi connectivity index (χ3v) is 5.29. The van der Waals surface area contributed by atoms with Gasteiger partial charge in [0.05, 0.1) is 22.8 Å². The number of benzene rings is 2. The first kappa shape index (κ1) is 19.1. The van der Waals surface area contributed by atoms with Crippen molar-refractivity contribution in [1.82, 2.24) is 19.5 Å². The molecule has 2 heterocycles. The Balaban J connectivity index is 1.73. The predicted molar refractivity (Wildman–Crippen MR) is 104 cm³/mol. The van der Waals surface area contributed by atoms with E-state index in [1.807, 2.05) is 6.07 Å². The van der Waals surface area contributed by atoms with E-state index >= 15 is 0 Å². The fourth-order valence-corrected chi connectivity index (χ4v) is 3.72. The van der Waals surface area contributed by atoms with Gasteiger partial charge in [-0.1, -0.05) is 17.8 Å². The number of fused-ring (bicyclic) bond motifs is 1. The number of nitrogens with zero attached hydrogens (tertiary/aromatic N) is 4. The van der Waals surface area contributed by atoms with Gasteiger partial charge < -0.3 is 4.57 Å². The Labute approximate surface area is 167 Å². The summed E-state index contributed by atoms with van der Waals surface area (Å²) < 4.78 is 40.0. The summed E-state index contributed by atoms with van der Waals surface area (Å²) in [7, 11) is 1.78. The molecule has 4 aromatic rings. The number of aryl methyl sites for hydroxylation is 1. The predicted octanol–water partition coefficient (Wildman–Crippen LogP) is 4.56. The Hall–Kier alpha value is -3.20. The second kappa shape index (κ2) is 7.32. The fraction of sp³-hybridized carbons (Fsp3) is 0.100. The number of hydrogen-bond donors (Lipinski definition) is 0. The van der Waals surface area contributed by atoms with E-state index in [0.29, 0.717) is 26.5 Å². The van der Waals surface area contributed by atoms with Crippen LogP contribution in [0.4, 0.5) is 13.2 Å². The molecule has 5 nitrogen and oxygen atoms in total. The normalized spacial score (nSPS) is 11.7. The van der Waals surface area contributed by atoms with Crippen LogP contribution in [-0.2, 0) is 13.2 Å². The van der Waals surface area contributed by atoms with Gasteiger partial charge >= 0.3 is 6.18 Å². The molecule has 29 heavy (non-hydrogen) atoms. The molecule has 146 valence electrons. The van der Waals surface area contributed by atoms with Crippen molar-refractivity contribution in [2.75, 3.05) is 0 Å². The SMILES string of the molecule is Cn1cnc(=O)c2ccc(-c3nccnc3Sc3ccc(C(F)(F)F)cc3)cc21. The summed E-state index contributed by atoms with van der Waals surface area (Å²) in [6.45, 7) is 0. The standard InChI is InChI=1S/C20H13F3N4OS/c1-27-11-26-18(28)15-7-2-12(10-16(15)27)17-19(25-9-8-24-17)29-14-5-3-13(4-6-14)20(21,22)23/h2-11H,1H3. The second-order valence-electron chi connectivity index (χ2n) is 6.23. The second-order valence-corrected chi connectivity index (χ2v) is 7.29. The molecular formula is C20H13F3N4OS. The molecule has 2 aromatic carbocycles. The highest BCUT2D eigenvalue weighted by molar-refractivity contribution is 7.99. The van der Waals surface area contributed by atoms with E-state index < -0.39 is 11.7 Å². The van der Waals surface area contributed by atoms with Gasteiger partial charge in [0.1, 0.15) is 10.7 Å². The van der Waals surface area contributed by atoms with Crippen LogP contribution in [0.3, 0.4) is 0 Å². The van der Waals surface area contributed by atoms with E-state index in [0.717, 1.165) is 17.7 Å². The van der Waals surface area contributed by atoms with Gasteiger partial charge in [0.15, 0.2) is 0 Å². The minimum Gasteiger partial charge on any atom is -0.335 e. The Kier molecular flexibility index (Phi) is 4.83. The maximum absolute atomic E-state index is 12.8. The molecular weight excluding hydrogens is 401 g/mol. The highest BCUT2D eigenvalue weighted by atomic mass is 32.2. The molecule has 0 saturated carbocycles. The van der Waals surface area contributed by atoms with Crippen molar-refractivity contribution in [3.8, 4) is 11.3 Å². The summed E-state index contributed by atoms with van der Waals surface area (Å²) in [6, 6.07) is 10.1. The van der Waals surface area contributed by atoms with Crippen molar-refractivity contribution in [3.63, 3.8) is 0 Å². The molecule has 2 aromatic heterocycles. The largest absolute Gasteiger partial charge is 0.416 e. The Bertz CT molecular complexity index is 1250. The van der Waals surface area contributed by atoms with E-state index in [2.05, 4.69) is 15.0 Å². The zero-order valence-electron chi connectivity index (χ0n) is 15.0. The fourth-order valence-electron chi connectivity index (χ4n) is 2.84. The van der Waals surface area contributed by atoms with Gasteiger partial charge in [-0.25, -0.2) is 4.98 Å². The van der Waals surface area contributed by atoms with Crippen LogP contribution in [0.5, 0.6) is 0 Å². The summed E-state index contributed by atoms with van der Waals surface area (Å²) in [5, 5.41) is 1.03. The molecule has 0 saturated heterocycles. The van der Waals surface area contributed by atoms with E-state index in [-0.39, 0.29) is 5.56 Å². The molecule has 0 atom stereocenters. The van der Waals surface area contributed by atoms with Gasteiger partial charge in [-0.15, -0.1) is 0 Å². The number of halogens is 3. The van der Waals surface area contributed by atoms with Crippen molar-refractivity contribution in [3.05, 3.63) is 77.1 Å². The molecule has 0 N–H and O–H groups in total. The third-order valence-electron chi connectivity index (χ3n) is 4.29. The van der Waals surface area contributed by atoms with Gasteiger partial charge in [-0.2, -0.15) is 18.2 Å². The first-order valence-corrected chi connectivity index (χ1v) is 9.26. The van der Waals surface area contributed by atoms with Crippen molar-refractivity contribution < 1.29 is 13.2 Å². The lowest BCUT2D eigenvalue weighted by atomic mass is 10.1. The molecule has 0 fully saturated rings. The molecule has 9 heteroatoms. The molecule has 0 aliphatic carbocycles. The Morgan fingerprint density at radius 1 is 0.966 bits per heavy atom. The van der Waals surface area contributed by atoms with Gasteiger partial charge in [-0.3, -0.25) is 9.78 Å². The van der Waals surface area contributed by atoms with Crippen LogP contribution in [-0.4, -0.2) is 19.5 Å². The van der Waals surface area contributed by atoms with Crippen molar-refractivity contribution >= 4 is 22.7 Å². The molecule has 0 bridgehead atoms. The molecule has 0 radical (unpaired) electrons. The van der Waals surface area contributed by atoms with Crippen LogP contribution in [0.15, 0.2) is 75.9 Å². The van der Waals surface area contributed by atoms with Crippen molar-refractivity contribution in [2.24, 2.45) is 7.05 Å². The molecule has 4 rings (SSSR count). The highest BCUT2D eigenvalue weighted by Crippen LogP contribution is 2.35. The summed E-state index contributed by atoms with van der Waals surface area (Å²) >= 11 is 1.22. The minimum absolute atomic E-state index is 0.317. The van der Waals surface area contributed by atoms with Crippen LogP contribution in [0.2, 0.25) is 0 Å². The summed E-state index contributed by atoms with van der Waals surface area (Å²) in [5.41, 5.74) is 0.983. The van der Waals surface area contributed by atoms with Crippen LogP contribution >= 0.6 is 11.8 Å². The monoisotopic (exact) mass is 414 g/mol. The molecule has 0 aliphatic rings. The minimum atomic E-state index is -4.38. The number of aromatic nitrogens is 4. The van der Waals surface area contributed by atoms with Gasteiger partial charge in [-0.05, 0) is 36.4 Å². The van der Waals surface area contributed by atoms with Crippen molar-refractivity contribution in [1.29, 1.82) is 0 Å². The zero-order chi connectivity index (χ0) is 20.6. The molecule has 0 spiro atoms. The molecule has 0 unspecified atom stereocenters. The van der Waals surface area contributed by atoms with Gasteiger partial charge in [0, 0.05) is 29.9 Å². The van der Waals surface area contributed by atoms with Crippen LogP contribution < -0.4 is 5.56 Å². The van der Waals surface area contributed by atoms with Gasteiger partial charge in [0.25, 0.3) is 5.56 Å². The lowest BCUT2D eigenvalue weighted by Gasteiger charge is -2.10. The lowest BCUT2D eigenvalue weighted by Crippen LogP contribution is -2.10. The maximum Gasteiger partial charge on any atom is 0.416 e. The maximum atomic E-state index is 12.8. The number of rotatable bonds is 3.